The monoisotopic (exact) mass is 178 g/mol. The standard InChI is InChI=1S/C11H11FO/c1-9-5-6-10(8-11(9)12)4-2-3-7-13/h2,4-8H,3H2,1H3. The zero-order valence-electron chi connectivity index (χ0n) is 7.46. The Morgan fingerprint density at radius 1 is 1.46 bits per heavy atom. The van der Waals surface area contributed by atoms with Crippen molar-refractivity contribution in [1.29, 1.82) is 0 Å². The van der Waals surface area contributed by atoms with Gasteiger partial charge in [-0.25, -0.2) is 4.39 Å². The third-order valence-electron chi connectivity index (χ3n) is 1.74. The molecule has 0 aliphatic carbocycles. The Labute approximate surface area is 76.9 Å². The number of carbonyl (C=O) groups is 1. The molecular formula is C11H11FO. The fraction of sp³-hybridized carbons (Fsp3) is 0.182. The van der Waals surface area contributed by atoms with Crippen molar-refractivity contribution in [2.24, 2.45) is 0 Å². The summed E-state index contributed by atoms with van der Waals surface area (Å²) < 4.78 is 13.0. The SMILES string of the molecule is Cc1ccc(C=CCC=O)cc1F. The van der Waals surface area contributed by atoms with Crippen LogP contribution in [0.25, 0.3) is 6.08 Å². The van der Waals surface area contributed by atoms with Crippen LogP contribution in [0.15, 0.2) is 24.3 Å². The molecule has 0 radical (unpaired) electrons. The number of rotatable bonds is 3. The molecule has 0 fully saturated rings. The third kappa shape index (κ3) is 2.82. The van der Waals surface area contributed by atoms with E-state index in [-0.39, 0.29) is 5.82 Å². The number of allylic oxidation sites excluding steroid dienone is 1. The van der Waals surface area contributed by atoms with Crippen molar-refractivity contribution in [3.63, 3.8) is 0 Å². The van der Waals surface area contributed by atoms with Crippen LogP contribution in [0.2, 0.25) is 0 Å². The summed E-state index contributed by atoms with van der Waals surface area (Å²) in [6.45, 7) is 1.72. The van der Waals surface area contributed by atoms with Gasteiger partial charge < -0.3 is 4.79 Å². The number of aryl methyl sites for hydroxylation is 1. The van der Waals surface area contributed by atoms with E-state index in [0.29, 0.717) is 12.0 Å². The third-order valence-corrected chi connectivity index (χ3v) is 1.74. The Kier molecular flexibility index (Phi) is 3.38. The predicted octanol–water partition coefficient (Wildman–Crippen LogP) is 2.74. The molecule has 0 spiro atoms. The molecule has 1 nitrogen and oxygen atoms in total. The Bertz CT molecular complexity index is 329. The average molecular weight is 178 g/mol. The average Bonchev–Trinajstić information content (AvgIpc) is 2.12. The lowest BCUT2D eigenvalue weighted by atomic mass is 10.1. The second-order valence-corrected chi connectivity index (χ2v) is 2.81. The molecule has 0 aliphatic rings. The van der Waals surface area contributed by atoms with Crippen LogP contribution in [-0.4, -0.2) is 6.29 Å². The van der Waals surface area contributed by atoms with Gasteiger partial charge in [0.25, 0.3) is 0 Å². The smallest absolute Gasteiger partial charge is 0.126 e. The minimum absolute atomic E-state index is 0.215. The van der Waals surface area contributed by atoms with Crippen LogP contribution in [0.3, 0.4) is 0 Å². The summed E-state index contributed by atoms with van der Waals surface area (Å²) in [6.07, 6.45) is 4.62. The van der Waals surface area contributed by atoms with Crippen molar-refractivity contribution < 1.29 is 9.18 Å². The highest BCUT2D eigenvalue weighted by Crippen LogP contribution is 2.10. The largest absolute Gasteiger partial charge is 0.303 e. The van der Waals surface area contributed by atoms with E-state index in [9.17, 15) is 9.18 Å². The summed E-state index contributed by atoms with van der Waals surface area (Å²) in [7, 11) is 0. The lowest BCUT2D eigenvalue weighted by Gasteiger charge is -1.96. The van der Waals surface area contributed by atoms with Crippen LogP contribution in [0.5, 0.6) is 0 Å². The molecule has 1 aromatic carbocycles. The molecule has 68 valence electrons. The van der Waals surface area contributed by atoms with Crippen LogP contribution in [0.4, 0.5) is 4.39 Å². The van der Waals surface area contributed by atoms with E-state index in [1.165, 1.54) is 6.07 Å². The van der Waals surface area contributed by atoms with Gasteiger partial charge in [-0.1, -0.05) is 24.3 Å². The molecule has 0 atom stereocenters. The number of halogens is 1. The molecule has 0 bridgehead atoms. The summed E-state index contributed by atoms with van der Waals surface area (Å²) >= 11 is 0. The molecule has 0 N–H and O–H groups in total. The fourth-order valence-electron chi connectivity index (χ4n) is 0.972. The molecule has 0 unspecified atom stereocenters. The van der Waals surface area contributed by atoms with Crippen molar-refractivity contribution in [2.75, 3.05) is 0 Å². The highest BCUT2D eigenvalue weighted by atomic mass is 19.1. The van der Waals surface area contributed by atoms with Gasteiger partial charge in [-0.15, -0.1) is 0 Å². The van der Waals surface area contributed by atoms with Gasteiger partial charge >= 0.3 is 0 Å². The van der Waals surface area contributed by atoms with Gasteiger partial charge in [0, 0.05) is 6.42 Å². The number of hydrogen-bond acceptors (Lipinski definition) is 1. The summed E-state index contributed by atoms with van der Waals surface area (Å²) in [4.78, 5) is 9.99. The van der Waals surface area contributed by atoms with E-state index in [4.69, 9.17) is 0 Å². The second-order valence-electron chi connectivity index (χ2n) is 2.81. The molecular weight excluding hydrogens is 167 g/mol. The van der Waals surface area contributed by atoms with E-state index in [1.54, 1.807) is 25.1 Å². The number of hydrogen-bond donors (Lipinski definition) is 0. The molecule has 2 heteroatoms. The number of benzene rings is 1. The maximum atomic E-state index is 13.0. The first-order valence-electron chi connectivity index (χ1n) is 4.10. The first-order valence-corrected chi connectivity index (χ1v) is 4.10. The van der Waals surface area contributed by atoms with E-state index in [1.807, 2.05) is 6.07 Å². The molecule has 0 aliphatic heterocycles. The van der Waals surface area contributed by atoms with Gasteiger partial charge in [-0.05, 0) is 24.1 Å². The normalized spacial score (nSPS) is 10.6. The lowest BCUT2D eigenvalue weighted by Crippen LogP contribution is -1.82. The molecule has 1 rings (SSSR count). The maximum absolute atomic E-state index is 13.0. The van der Waals surface area contributed by atoms with Crippen LogP contribution >= 0.6 is 0 Å². The number of aldehydes is 1. The molecule has 0 saturated heterocycles. The van der Waals surface area contributed by atoms with Gasteiger partial charge in [-0.3, -0.25) is 0 Å². The van der Waals surface area contributed by atoms with Gasteiger partial charge in [0.15, 0.2) is 0 Å². The summed E-state index contributed by atoms with van der Waals surface area (Å²) in [5, 5.41) is 0. The highest BCUT2D eigenvalue weighted by Gasteiger charge is 1.95. The molecule has 0 saturated carbocycles. The van der Waals surface area contributed by atoms with Crippen molar-refractivity contribution in [2.45, 2.75) is 13.3 Å². The van der Waals surface area contributed by atoms with Crippen LogP contribution in [-0.2, 0) is 4.79 Å². The minimum Gasteiger partial charge on any atom is -0.303 e. The first kappa shape index (κ1) is 9.65. The van der Waals surface area contributed by atoms with Crippen molar-refractivity contribution in [3.05, 3.63) is 41.2 Å². The lowest BCUT2D eigenvalue weighted by molar-refractivity contribution is -0.107. The number of carbonyl (C=O) groups excluding carboxylic acids is 1. The topological polar surface area (TPSA) is 17.1 Å². The molecule has 0 amide bonds. The summed E-state index contributed by atoms with van der Waals surface area (Å²) in [5.74, 6) is -0.215. The van der Waals surface area contributed by atoms with Crippen molar-refractivity contribution >= 4 is 12.4 Å². The fourth-order valence-corrected chi connectivity index (χ4v) is 0.972. The van der Waals surface area contributed by atoms with Gasteiger partial charge in [0.2, 0.25) is 0 Å². The molecule has 0 heterocycles. The minimum atomic E-state index is -0.215. The Balaban J connectivity index is 2.79. The second kappa shape index (κ2) is 4.55. The van der Waals surface area contributed by atoms with Crippen LogP contribution in [0.1, 0.15) is 17.5 Å². The Hall–Kier alpha value is -1.44. The molecule has 1 aromatic rings. The van der Waals surface area contributed by atoms with Crippen LogP contribution < -0.4 is 0 Å². The van der Waals surface area contributed by atoms with Gasteiger partial charge in [0.05, 0.1) is 0 Å². The van der Waals surface area contributed by atoms with Crippen molar-refractivity contribution in [3.8, 4) is 0 Å². The van der Waals surface area contributed by atoms with Crippen molar-refractivity contribution in [1.82, 2.24) is 0 Å². The molecule has 0 aromatic heterocycles. The highest BCUT2D eigenvalue weighted by molar-refractivity contribution is 5.58. The van der Waals surface area contributed by atoms with E-state index in [2.05, 4.69) is 0 Å². The Morgan fingerprint density at radius 2 is 2.23 bits per heavy atom. The van der Waals surface area contributed by atoms with Gasteiger partial charge in [-0.2, -0.15) is 0 Å². The van der Waals surface area contributed by atoms with E-state index in [0.717, 1.165) is 11.8 Å². The Morgan fingerprint density at radius 3 is 2.85 bits per heavy atom. The molecule has 13 heavy (non-hydrogen) atoms. The predicted molar refractivity (Wildman–Crippen MR) is 50.9 cm³/mol. The van der Waals surface area contributed by atoms with E-state index < -0.39 is 0 Å². The quantitative estimate of drug-likeness (QED) is 0.650. The van der Waals surface area contributed by atoms with Crippen LogP contribution in [0, 0.1) is 12.7 Å². The van der Waals surface area contributed by atoms with Gasteiger partial charge in [0.1, 0.15) is 12.1 Å². The zero-order chi connectivity index (χ0) is 9.68. The maximum Gasteiger partial charge on any atom is 0.126 e. The zero-order valence-corrected chi connectivity index (χ0v) is 7.46. The van der Waals surface area contributed by atoms with E-state index >= 15 is 0 Å². The summed E-state index contributed by atoms with van der Waals surface area (Å²) in [5.41, 5.74) is 1.41. The first-order chi connectivity index (χ1) is 6.24. The summed E-state index contributed by atoms with van der Waals surface area (Å²) in [6, 6.07) is 4.99.